The fourth-order valence-electron chi connectivity index (χ4n) is 0.0667. The second-order valence-corrected chi connectivity index (χ2v) is 3.39. The summed E-state index contributed by atoms with van der Waals surface area (Å²) >= 11 is 0. The van der Waals surface area contributed by atoms with Gasteiger partial charge in [-0.25, -0.2) is 16.8 Å². The summed E-state index contributed by atoms with van der Waals surface area (Å²) in [6.45, 7) is 2.76. The van der Waals surface area contributed by atoms with Crippen LogP contribution in [-0.4, -0.2) is 16.8 Å². The Morgan fingerprint density at radius 1 is 1.00 bits per heavy atom. The van der Waals surface area contributed by atoms with Crippen LogP contribution in [0.25, 0.3) is 0 Å². The maximum atomic E-state index is 9.69. The van der Waals surface area contributed by atoms with Gasteiger partial charge in [0.2, 0.25) is 0 Å². The summed E-state index contributed by atoms with van der Waals surface area (Å²) in [7, 11) is -5.98. The molecule has 0 aliphatic carbocycles. The Kier molecular flexibility index (Phi) is 2.70. The van der Waals surface area contributed by atoms with E-state index < -0.39 is 25.6 Å². The second kappa shape index (κ2) is 2.83. The molecule has 0 bridgehead atoms. The second-order valence-electron chi connectivity index (χ2n) is 0.930. The summed E-state index contributed by atoms with van der Waals surface area (Å²) in [6.07, 6.45) is 0. The van der Waals surface area contributed by atoms with Crippen LogP contribution in [0.1, 0.15) is 0 Å². The van der Waals surface area contributed by atoms with Crippen LogP contribution in [0.3, 0.4) is 0 Å². The van der Waals surface area contributed by atoms with Crippen molar-refractivity contribution in [3.63, 3.8) is 0 Å². The first-order chi connectivity index (χ1) is 3.55. The molecule has 0 fully saturated rings. The summed E-state index contributed by atoms with van der Waals surface area (Å²) in [6, 6.07) is 0. The van der Waals surface area contributed by atoms with E-state index in [0.29, 0.717) is 0 Å². The minimum absolute atomic E-state index is 0.741. The van der Waals surface area contributed by atoms with Crippen molar-refractivity contribution in [1.29, 1.82) is 0 Å². The number of hydrogen-bond donors (Lipinski definition) is 2. The van der Waals surface area contributed by atoms with E-state index >= 15 is 0 Å². The van der Waals surface area contributed by atoms with Gasteiger partial charge in [0.25, 0.3) is 0 Å². The first-order valence-corrected chi connectivity index (χ1v) is 3.89. The first-order valence-electron chi connectivity index (χ1n) is 1.53. The molecule has 0 saturated carbocycles. The van der Waals surface area contributed by atoms with Crippen LogP contribution in [0.2, 0.25) is 0 Å². The molecule has 0 amide bonds. The summed E-state index contributed by atoms with van der Waals surface area (Å²) in [5, 5.41) is 0. The minimum Gasteiger partial charge on any atom is -0.226 e. The van der Waals surface area contributed by atoms with E-state index in [9.17, 15) is 16.8 Å². The number of thiol groups is 2. The molecule has 0 aliphatic heterocycles. The van der Waals surface area contributed by atoms with Crippen LogP contribution in [0, 0.1) is 0 Å². The lowest BCUT2D eigenvalue weighted by molar-refractivity contribution is 0.614. The third kappa shape index (κ3) is 2.08. The molecule has 48 valence electrons. The Labute approximate surface area is 49.7 Å². The van der Waals surface area contributed by atoms with E-state index in [0.717, 1.165) is 0 Å². The van der Waals surface area contributed by atoms with E-state index in [1.807, 2.05) is 0 Å². The van der Waals surface area contributed by atoms with Crippen LogP contribution in [0.15, 0.2) is 10.8 Å². The highest BCUT2D eigenvalue weighted by molar-refractivity contribution is 7.97. The molecular weight excluding hydrogens is 152 g/mol. The van der Waals surface area contributed by atoms with Crippen LogP contribution in [0.4, 0.5) is 0 Å². The standard InChI is InChI=1S/C2H4O4S2/c1-2(7(3)4)8(5)6/h7-8H,1H2. The summed E-state index contributed by atoms with van der Waals surface area (Å²) in [4.78, 5) is 0. The highest BCUT2D eigenvalue weighted by atomic mass is 32.2. The molecule has 0 atom stereocenters. The molecule has 0 heterocycles. The smallest absolute Gasteiger partial charge is 0.178 e. The van der Waals surface area contributed by atoms with E-state index in [4.69, 9.17) is 0 Å². The van der Waals surface area contributed by atoms with Crippen molar-refractivity contribution in [2.75, 3.05) is 0 Å². The molecule has 0 radical (unpaired) electrons. The van der Waals surface area contributed by atoms with Crippen molar-refractivity contribution in [3.05, 3.63) is 10.8 Å². The van der Waals surface area contributed by atoms with E-state index in [1.54, 1.807) is 0 Å². The normalized spacial score (nSPS) is 10.2. The highest BCUT2D eigenvalue weighted by Gasteiger charge is 1.94. The van der Waals surface area contributed by atoms with Crippen molar-refractivity contribution in [1.82, 2.24) is 0 Å². The predicted octanol–water partition coefficient (Wildman–Crippen LogP) is -1.32. The monoisotopic (exact) mass is 156 g/mol. The maximum absolute atomic E-state index is 9.69. The number of rotatable bonds is 2. The van der Waals surface area contributed by atoms with Gasteiger partial charge in [0.1, 0.15) is 4.24 Å². The van der Waals surface area contributed by atoms with Crippen molar-refractivity contribution in [3.8, 4) is 0 Å². The van der Waals surface area contributed by atoms with Gasteiger partial charge in [0.15, 0.2) is 21.4 Å². The average Bonchev–Trinajstić information content (AvgIpc) is 1.64. The van der Waals surface area contributed by atoms with Gasteiger partial charge >= 0.3 is 0 Å². The van der Waals surface area contributed by atoms with Crippen molar-refractivity contribution >= 4 is 21.4 Å². The lowest BCUT2D eigenvalue weighted by atomic mass is 11.3. The largest absolute Gasteiger partial charge is 0.226 e. The molecule has 0 spiro atoms. The average molecular weight is 156 g/mol. The molecule has 0 unspecified atom stereocenters. The molecule has 0 rings (SSSR count). The van der Waals surface area contributed by atoms with Crippen LogP contribution < -0.4 is 0 Å². The fourth-order valence-corrected chi connectivity index (χ4v) is 0.600. The molecule has 0 aliphatic rings. The molecule has 6 heteroatoms. The Bertz CT molecular complexity index is 192. The Morgan fingerprint density at radius 3 is 1.25 bits per heavy atom. The Morgan fingerprint density at radius 2 is 1.25 bits per heavy atom. The summed E-state index contributed by atoms with van der Waals surface area (Å²) < 4.78 is 38.0. The van der Waals surface area contributed by atoms with Gasteiger partial charge in [0.05, 0.1) is 0 Å². The molecule has 0 saturated heterocycles. The molecule has 0 N–H and O–H groups in total. The quantitative estimate of drug-likeness (QED) is 0.487. The highest BCUT2D eigenvalue weighted by Crippen LogP contribution is 1.87. The molecule has 0 aromatic carbocycles. The van der Waals surface area contributed by atoms with Crippen LogP contribution in [-0.2, 0) is 21.4 Å². The van der Waals surface area contributed by atoms with Gasteiger partial charge in [-0.1, -0.05) is 6.58 Å². The zero-order valence-corrected chi connectivity index (χ0v) is 5.52. The Balaban J connectivity index is 4.54. The van der Waals surface area contributed by atoms with Crippen molar-refractivity contribution < 1.29 is 16.8 Å². The maximum Gasteiger partial charge on any atom is 0.178 e. The topological polar surface area (TPSA) is 68.3 Å². The van der Waals surface area contributed by atoms with Gasteiger partial charge in [-0.05, 0) is 0 Å². The first kappa shape index (κ1) is 7.64. The molecule has 0 aromatic rings. The van der Waals surface area contributed by atoms with Gasteiger partial charge < -0.3 is 0 Å². The van der Waals surface area contributed by atoms with Gasteiger partial charge in [0, 0.05) is 0 Å². The van der Waals surface area contributed by atoms with Gasteiger partial charge in [-0.3, -0.25) is 0 Å². The molecule has 8 heavy (non-hydrogen) atoms. The minimum atomic E-state index is -2.99. The van der Waals surface area contributed by atoms with E-state index in [2.05, 4.69) is 6.58 Å². The zero-order valence-electron chi connectivity index (χ0n) is 3.73. The van der Waals surface area contributed by atoms with Crippen LogP contribution in [0.5, 0.6) is 0 Å². The Hall–Kier alpha value is -0.360. The molecule has 0 aromatic heterocycles. The van der Waals surface area contributed by atoms with Crippen molar-refractivity contribution in [2.24, 2.45) is 0 Å². The van der Waals surface area contributed by atoms with E-state index in [-0.39, 0.29) is 0 Å². The fraction of sp³-hybridized carbons (Fsp3) is 0. The molecule has 4 nitrogen and oxygen atoms in total. The van der Waals surface area contributed by atoms with Crippen molar-refractivity contribution in [2.45, 2.75) is 0 Å². The van der Waals surface area contributed by atoms with E-state index in [1.165, 1.54) is 0 Å². The SMILES string of the molecule is C=C([SH](=O)=O)[SH](=O)=O. The molecular formula is C2H4O4S2. The summed E-state index contributed by atoms with van der Waals surface area (Å²) in [5.41, 5.74) is 0. The number of hydrogen-bond acceptors (Lipinski definition) is 4. The van der Waals surface area contributed by atoms with Crippen LogP contribution >= 0.6 is 0 Å². The third-order valence-corrected chi connectivity index (χ3v) is 2.24. The van der Waals surface area contributed by atoms with Gasteiger partial charge in [-0.15, -0.1) is 0 Å². The lowest BCUT2D eigenvalue weighted by Gasteiger charge is -1.74. The predicted molar refractivity (Wildman–Crippen MR) is 29.8 cm³/mol. The van der Waals surface area contributed by atoms with Gasteiger partial charge in [-0.2, -0.15) is 0 Å². The summed E-state index contributed by atoms with van der Waals surface area (Å²) in [5.74, 6) is 0. The lowest BCUT2D eigenvalue weighted by Crippen LogP contribution is -1.83. The third-order valence-electron chi connectivity index (χ3n) is 0.421. The zero-order chi connectivity index (χ0) is 6.73.